The number of aromatic hydroxyl groups is 2. The topological polar surface area (TPSA) is 81.9 Å². The molecule has 6 heteroatoms. The lowest BCUT2D eigenvalue weighted by atomic mass is 10.1. The monoisotopic (exact) mass is 290 g/mol. The summed E-state index contributed by atoms with van der Waals surface area (Å²) in [7, 11) is 0. The van der Waals surface area contributed by atoms with E-state index in [9.17, 15) is 15.0 Å². The number of thiophene rings is 1. The molecule has 1 amide bonds. The molecule has 0 radical (unpaired) electrons. The second kappa shape index (κ2) is 5.75. The van der Waals surface area contributed by atoms with Crippen LogP contribution in [-0.2, 0) is 0 Å². The fourth-order valence-electron chi connectivity index (χ4n) is 1.66. The molecule has 104 valence electrons. The van der Waals surface area contributed by atoms with Gasteiger partial charge in [0.05, 0.1) is 10.6 Å². The third kappa shape index (κ3) is 2.97. The summed E-state index contributed by atoms with van der Waals surface area (Å²) in [5.41, 5.74) is 4.10. The van der Waals surface area contributed by atoms with Crippen LogP contribution in [0.2, 0.25) is 0 Å². The molecule has 1 aromatic carbocycles. The maximum Gasteiger partial charge on any atom is 0.281 e. The summed E-state index contributed by atoms with van der Waals surface area (Å²) in [6, 6.07) is 5.99. The van der Waals surface area contributed by atoms with Gasteiger partial charge in [0, 0.05) is 5.56 Å². The first-order valence-electron chi connectivity index (χ1n) is 5.90. The zero-order valence-electron chi connectivity index (χ0n) is 11.0. The summed E-state index contributed by atoms with van der Waals surface area (Å²) in [6.45, 7) is 3.49. The van der Waals surface area contributed by atoms with Crippen molar-refractivity contribution in [3.63, 3.8) is 0 Å². The number of hydrazone groups is 1. The highest BCUT2D eigenvalue weighted by Crippen LogP contribution is 2.22. The number of phenols is 2. The van der Waals surface area contributed by atoms with Crippen molar-refractivity contribution in [3.8, 4) is 11.5 Å². The molecule has 3 N–H and O–H groups in total. The van der Waals surface area contributed by atoms with Gasteiger partial charge in [-0.15, -0.1) is 11.3 Å². The SMILES string of the molecule is C/C(=N/NC(=O)c1sccc1C)c1cc(O)ccc1O. The smallest absolute Gasteiger partial charge is 0.281 e. The van der Waals surface area contributed by atoms with Crippen LogP contribution in [0.1, 0.15) is 27.7 Å². The first-order chi connectivity index (χ1) is 9.49. The van der Waals surface area contributed by atoms with Crippen molar-refractivity contribution in [2.75, 3.05) is 0 Å². The predicted octanol–water partition coefficient (Wildman–Crippen LogP) is 2.62. The number of rotatable bonds is 3. The van der Waals surface area contributed by atoms with Gasteiger partial charge >= 0.3 is 0 Å². The van der Waals surface area contributed by atoms with Crippen LogP contribution in [0.5, 0.6) is 11.5 Å². The zero-order chi connectivity index (χ0) is 14.7. The Labute approximate surface area is 120 Å². The standard InChI is InChI=1S/C14H14N2O3S/c1-8-5-6-20-13(8)14(19)16-15-9(2)11-7-10(17)3-4-12(11)18/h3-7,17-18H,1-2H3,(H,16,19)/b15-9-. The van der Waals surface area contributed by atoms with Gasteiger partial charge in [0.15, 0.2) is 0 Å². The van der Waals surface area contributed by atoms with Gasteiger partial charge in [-0.3, -0.25) is 4.79 Å². The predicted molar refractivity (Wildman–Crippen MR) is 78.5 cm³/mol. The number of phenolic OH excluding ortho intramolecular Hbond substituents is 2. The van der Waals surface area contributed by atoms with Gasteiger partial charge in [-0.2, -0.15) is 5.10 Å². The van der Waals surface area contributed by atoms with Crippen LogP contribution in [0.25, 0.3) is 0 Å². The lowest BCUT2D eigenvalue weighted by Gasteiger charge is -2.05. The Balaban J connectivity index is 2.17. The molecule has 0 aliphatic heterocycles. The largest absolute Gasteiger partial charge is 0.508 e. The lowest BCUT2D eigenvalue weighted by Crippen LogP contribution is -2.19. The molecule has 0 fully saturated rings. The summed E-state index contributed by atoms with van der Waals surface area (Å²) >= 11 is 1.34. The van der Waals surface area contributed by atoms with Crippen molar-refractivity contribution in [1.29, 1.82) is 0 Å². The average Bonchev–Trinajstić information content (AvgIpc) is 2.84. The van der Waals surface area contributed by atoms with Crippen LogP contribution in [0.15, 0.2) is 34.7 Å². The quantitative estimate of drug-likeness (QED) is 0.461. The van der Waals surface area contributed by atoms with E-state index in [-0.39, 0.29) is 17.4 Å². The normalized spacial score (nSPS) is 11.4. The molecule has 0 aliphatic carbocycles. The molecule has 0 unspecified atom stereocenters. The molecule has 2 aromatic rings. The lowest BCUT2D eigenvalue weighted by molar-refractivity contribution is 0.0958. The molecule has 1 aromatic heterocycles. The van der Waals surface area contributed by atoms with E-state index in [2.05, 4.69) is 10.5 Å². The van der Waals surface area contributed by atoms with Crippen molar-refractivity contribution >= 4 is 23.0 Å². The van der Waals surface area contributed by atoms with Gasteiger partial charge in [0.25, 0.3) is 5.91 Å². The fraction of sp³-hybridized carbons (Fsp3) is 0.143. The minimum absolute atomic E-state index is 0.00870. The van der Waals surface area contributed by atoms with Crippen LogP contribution in [-0.4, -0.2) is 21.8 Å². The van der Waals surface area contributed by atoms with Crippen LogP contribution < -0.4 is 5.43 Å². The Morgan fingerprint density at radius 1 is 1.30 bits per heavy atom. The van der Waals surface area contributed by atoms with Crippen molar-refractivity contribution in [1.82, 2.24) is 5.43 Å². The summed E-state index contributed by atoms with van der Waals surface area (Å²) in [5.74, 6) is -0.283. The summed E-state index contributed by atoms with van der Waals surface area (Å²) < 4.78 is 0. The van der Waals surface area contributed by atoms with Crippen molar-refractivity contribution < 1.29 is 15.0 Å². The minimum Gasteiger partial charge on any atom is -0.508 e. The third-order valence-electron chi connectivity index (χ3n) is 2.76. The summed E-state index contributed by atoms with van der Waals surface area (Å²) in [6.07, 6.45) is 0. The number of aryl methyl sites for hydroxylation is 1. The molecule has 5 nitrogen and oxygen atoms in total. The van der Waals surface area contributed by atoms with E-state index >= 15 is 0 Å². The molecular weight excluding hydrogens is 276 g/mol. The molecule has 0 bridgehead atoms. The van der Waals surface area contributed by atoms with E-state index in [4.69, 9.17) is 0 Å². The molecule has 20 heavy (non-hydrogen) atoms. The Kier molecular flexibility index (Phi) is 4.05. The maximum absolute atomic E-state index is 11.9. The van der Waals surface area contributed by atoms with Crippen LogP contribution in [0, 0.1) is 6.92 Å². The first-order valence-corrected chi connectivity index (χ1v) is 6.78. The number of benzene rings is 1. The van der Waals surface area contributed by atoms with Crippen LogP contribution in [0.4, 0.5) is 0 Å². The fourth-order valence-corrected chi connectivity index (χ4v) is 2.48. The van der Waals surface area contributed by atoms with Gasteiger partial charge in [-0.05, 0) is 49.1 Å². The molecule has 0 saturated heterocycles. The molecule has 0 spiro atoms. The molecule has 0 saturated carbocycles. The molecule has 2 rings (SSSR count). The second-order valence-electron chi connectivity index (χ2n) is 4.27. The molecule has 1 heterocycles. The Hall–Kier alpha value is -2.34. The number of hydrogen-bond acceptors (Lipinski definition) is 5. The number of amides is 1. The Morgan fingerprint density at radius 3 is 2.70 bits per heavy atom. The van der Waals surface area contributed by atoms with E-state index in [1.807, 2.05) is 18.4 Å². The third-order valence-corrected chi connectivity index (χ3v) is 3.78. The van der Waals surface area contributed by atoms with Crippen molar-refractivity contribution in [2.24, 2.45) is 5.10 Å². The Morgan fingerprint density at radius 2 is 2.05 bits per heavy atom. The number of nitrogens with zero attached hydrogens (tertiary/aromatic N) is 1. The van der Waals surface area contributed by atoms with Gasteiger partial charge in [0.2, 0.25) is 0 Å². The van der Waals surface area contributed by atoms with Crippen LogP contribution in [0.3, 0.4) is 0 Å². The average molecular weight is 290 g/mol. The Bertz CT molecular complexity index is 677. The first kappa shape index (κ1) is 14.1. The summed E-state index contributed by atoms with van der Waals surface area (Å²) in [5, 5.41) is 24.9. The second-order valence-corrected chi connectivity index (χ2v) is 5.19. The van der Waals surface area contributed by atoms with Gasteiger partial charge in [-0.25, -0.2) is 5.43 Å². The van der Waals surface area contributed by atoms with Gasteiger partial charge in [-0.1, -0.05) is 0 Å². The maximum atomic E-state index is 11.9. The van der Waals surface area contributed by atoms with E-state index in [1.54, 1.807) is 6.92 Å². The van der Waals surface area contributed by atoms with Crippen molar-refractivity contribution in [2.45, 2.75) is 13.8 Å². The van der Waals surface area contributed by atoms with E-state index in [1.165, 1.54) is 29.5 Å². The van der Waals surface area contributed by atoms with Gasteiger partial charge in [0.1, 0.15) is 11.5 Å². The van der Waals surface area contributed by atoms with E-state index in [0.717, 1.165) is 5.56 Å². The number of nitrogens with one attached hydrogen (secondary N) is 1. The highest BCUT2D eigenvalue weighted by molar-refractivity contribution is 7.12. The van der Waals surface area contributed by atoms with Crippen LogP contribution >= 0.6 is 11.3 Å². The van der Waals surface area contributed by atoms with Gasteiger partial charge < -0.3 is 10.2 Å². The molecule has 0 atom stereocenters. The molecular formula is C14H14N2O3S. The number of hydrogen-bond donors (Lipinski definition) is 3. The zero-order valence-corrected chi connectivity index (χ0v) is 11.9. The highest BCUT2D eigenvalue weighted by Gasteiger charge is 2.11. The highest BCUT2D eigenvalue weighted by atomic mass is 32.1. The van der Waals surface area contributed by atoms with Crippen molar-refractivity contribution in [3.05, 3.63) is 45.6 Å². The van der Waals surface area contributed by atoms with E-state index < -0.39 is 0 Å². The number of carbonyl (C=O) groups is 1. The summed E-state index contributed by atoms with van der Waals surface area (Å²) in [4.78, 5) is 12.5. The minimum atomic E-state index is -0.295. The number of carbonyl (C=O) groups excluding carboxylic acids is 1. The van der Waals surface area contributed by atoms with E-state index in [0.29, 0.717) is 16.2 Å². The molecule has 0 aliphatic rings.